The van der Waals surface area contributed by atoms with Crippen molar-refractivity contribution in [2.24, 2.45) is 4.99 Å². The van der Waals surface area contributed by atoms with E-state index in [2.05, 4.69) is 34.1 Å². The monoisotopic (exact) mass is 544 g/mol. The van der Waals surface area contributed by atoms with E-state index >= 15 is 0 Å². The lowest BCUT2D eigenvalue weighted by atomic mass is 9.91. The first-order valence-corrected chi connectivity index (χ1v) is 14.5. The van der Waals surface area contributed by atoms with E-state index in [0.717, 1.165) is 61.1 Å². The minimum Gasteiger partial charge on any atom is -0.463 e. The van der Waals surface area contributed by atoms with Crippen LogP contribution in [0.4, 0.5) is 0 Å². The van der Waals surface area contributed by atoms with Gasteiger partial charge >= 0.3 is 5.97 Å². The van der Waals surface area contributed by atoms with Gasteiger partial charge in [-0.25, -0.2) is 9.79 Å². The minimum atomic E-state index is -0.387. The highest BCUT2D eigenvalue weighted by atomic mass is 32.2. The third-order valence-corrected chi connectivity index (χ3v) is 8.48. The van der Waals surface area contributed by atoms with Crippen molar-refractivity contribution in [3.8, 4) is 0 Å². The van der Waals surface area contributed by atoms with Crippen molar-refractivity contribution >= 4 is 28.8 Å². The van der Waals surface area contributed by atoms with Gasteiger partial charge < -0.3 is 14.5 Å². The molecular formula is C31H36N4O3S. The first-order chi connectivity index (χ1) is 19.0. The lowest BCUT2D eigenvalue weighted by Gasteiger charge is -2.38. The van der Waals surface area contributed by atoms with Crippen LogP contribution in [0.2, 0.25) is 0 Å². The Balaban J connectivity index is 1.28. The SMILES string of the molecule is CCOC(=O)C1=C(C)N=C2SC=C(CC(=O)N3CCN(CCc4ccccc4)CC3)N2C1c1ccccc1C. The number of carbonyl (C=O) groups excluding carboxylic acids is 2. The van der Waals surface area contributed by atoms with E-state index in [-0.39, 0.29) is 24.3 Å². The summed E-state index contributed by atoms with van der Waals surface area (Å²) < 4.78 is 5.46. The minimum absolute atomic E-state index is 0.110. The number of carbonyl (C=O) groups is 2. The number of ether oxygens (including phenoxy) is 1. The highest BCUT2D eigenvalue weighted by Gasteiger charge is 2.42. The fourth-order valence-electron chi connectivity index (χ4n) is 5.45. The zero-order valence-electron chi connectivity index (χ0n) is 22.9. The molecule has 2 aromatic rings. The van der Waals surface area contributed by atoms with E-state index in [9.17, 15) is 9.59 Å². The summed E-state index contributed by atoms with van der Waals surface area (Å²) in [6.45, 7) is 10.2. The fourth-order valence-corrected chi connectivity index (χ4v) is 6.41. The van der Waals surface area contributed by atoms with Crippen LogP contribution in [0.15, 0.2) is 82.0 Å². The zero-order valence-corrected chi connectivity index (χ0v) is 23.7. The molecule has 1 amide bonds. The molecule has 5 rings (SSSR count). The maximum Gasteiger partial charge on any atom is 0.338 e. The summed E-state index contributed by atoms with van der Waals surface area (Å²) in [6.07, 6.45) is 1.29. The third-order valence-electron chi connectivity index (χ3n) is 7.60. The predicted molar refractivity (Wildman–Crippen MR) is 156 cm³/mol. The molecule has 8 heteroatoms. The molecule has 1 fully saturated rings. The van der Waals surface area contributed by atoms with Gasteiger partial charge in [0.15, 0.2) is 5.17 Å². The number of rotatable bonds is 8. The summed E-state index contributed by atoms with van der Waals surface area (Å²) in [5.41, 5.74) is 5.50. The molecule has 3 heterocycles. The molecule has 1 saturated heterocycles. The Kier molecular flexibility index (Phi) is 8.53. The van der Waals surface area contributed by atoms with Gasteiger partial charge in [-0.05, 0) is 49.3 Å². The number of aryl methyl sites for hydroxylation is 1. The standard InChI is InChI=1S/C31H36N4O3S/c1-4-38-30(37)28-23(3)32-31-35(29(28)26-13-9-8-10-22(26)2)25(21-39-31)20-27(36)34-18-16-33(17-19-34)15-14-24-11-6-5-7-12-24/h5-13,21,29H,4,14-20H2,1-3H3. The number of fused-ring (bicyclic) bond motifs is 1. The zero-order chi connectivity index (χ0) is 27.4. The number of nitrogens with zero attached hydrogens (tertiary/aromatic N) is 4. The second kappa shape index (κ2) is 12.2. The van der Waals surface area contributed by atoms with Crippen LogP contribution in [-0.2, 0) is 20.7 Å². The van der Waals surface area contributed by atoms with Crippen LogP contribution < -0.4 is 0 Å². The van der Waals surface area contributed by atoms with E-state index in [1.807, 2.05) is 61.4 Å². The van der Waals surface area contributed by atoms with Crippen molar-refractivity contribution in [1.82, 2.24) is 14.7 Å². The number of esters is 1. The first kappa shape index (κ1) is 27.2. The lowest BCUT2D eigenvalue weighted by Crippen LogP contribution is -2.49. The molecule has 0 saturated carbocycles. The van der Waals surface area contributed by atoms with Gasteiger partial charge in [0.05, 0.1) is 30.3 Å². The number of piperazine rings is 1. The van der Waals surface area contributed by atoms with E-state index < -0.39 is 0 Å². The molecule has 0 bridgehead atoms. The predicted octanol–water partition coefficient (Wildman–Crippen LogP) is 4.91. The van der Waals surface area contributed by atoms with E-state index in [4.69, 9.17) is 9.73 Å². The van der Waals surface area contributed by atoms with Gasteiger partial charge in [0.2, 0.25) is 5.91 Å². The Hall–Kier alpha value is -3.36. The van der Waals surface area contributed by atoms with Gasteiger partial charge in [-0.1, -0.05) is 66.4 Å². The molecule has 2 aromatic carbocycles. The van der Waals surface area contributed by atoms with Crippen LogP contribution in [0.1, 0.15) is 43.0 Å². The van der Waals surface area contributed by atoms with Crippen molar-refractivity contribution < 1.29 is 14.3 Å². The van der Waals surface area contributed by atoms with Gasteiger partial charge in [0, 0.05) is 38.4 Å². The second-order valence-corrected chi connectivity index (χ2v) is 10.9. The van der Waals surface area contributed by atoms with Crippen LogP contribution in [0.25, 0.3) is 0 Å². The van der Waals surface area contributed by atoms with Gasteiger partial charge in [-0.15, -0.1) is 0 Å². The Morgan fingerprint density at radius 2 is 1.72 bits per heavy atom. The second-order valence-electron chi connectivity index (χ2n) is 10.1. The summed E-state index contributed by atoms with van der Waals surface area (Å²) in [5.74, 6) is -0.251. The first-order valence-electron chi connectivity index (χ1n) is 13.7. The molecule has 1 atom stereocenters. The largest absolute Gasteiger partial charge is 0.463 e. The number of benzene rings is 2. The number of hydrogen-bond acceptors (Lipinski definition) is 7. The molecular weight excluding hydrogens is 508 g/mol. The summed E-state index contributed by atoms with van der Waals surface area (Å²) in [5, 5.41) is 2.81. The van der Waals surface area contributed by atoms with Gasteiger partial charge in [0.25, 0.3) is 0 Å². The van der Waals surface area contributed by atoms with Gasteiger partial charge in [0.1, 0.15) is 0 Å². The number of aliphatic imine (C=N–C) groups is 1. The summed E-state index contributed by atoms with van der Waals surface area (Å²) in [6, 6.07) is 18.2. The summed E-state index contributed by atoms with van der Waals surface area (Å²) >= 11 is 1.51. The quantitative estimate of drug-likeness (QED) is 0.440. The van der Waals surface area contributed by atoms with Crippen molar-refractivity contribution in [2.75, 3.05) is 39.3 Å². The highest BCUT2D eigenvalue weighted by Crippen LogP contribution is 2.45. The third kappa shape index (κ3) is 5.97. The number of thioether (sulfide) groups is 1. The molecule has 0 aromatic heterocycles. The molecule has 3 aliphatic rings. The number of amidine groups is 1. The fraction of sp³-hybridized carbons (Fsp3) is 0.387. The summed E-state index contributed by atoms with van der Waals surface area (Å²) in [4.78, 5) is 37.9. The van der Waals surface area contributed by atoms with E-state index in [0.29, 0.717) is 17.9 Å². The normalized spacial score (nSPS) is 19.5. The van der Waals surface area contributed by atoms with Crippen molar-refractivity contribution in [2.45, 2.75) is 39.7 Å². The molecule has 204 valence electrons. The number of allylic oxidation sites excluding steroid dienone is 1. The number of hydrogen-bond donors (Lipinski definition) is 0. The maximum absolute atomic E-state index is 13.5. The van der Waals surface area contributed by atoms with E-state index in [1.165, 1.54) is 17.3 Å². The molecule has 0 N–H and O–H groups in total. The van der Waals surface area contributed by atoms with Crippen LogP contribution in [0, 0.1) is 6.92 Å². The summed E-state index contributed by atoms with van der Waals surface area (Å²) in [7, 11) is 0. The Labute approximate surface area is 235 Å². The van der Waals surface area contributed by atoms with Crippen LogP contribution in [-0.4, -0.2) is 71.1 Å². The molecule has 0 aliphatic carbocycles. The van der Waals surface area contributed by atoms with Crippen molar-refractivity contribution in [3.05, 3.63) is 93.7 Å². The average Bonchev–Trinajstić information content (AvgIpc) is 3.34. The van der Waals surface area contributed by atoms with E-state index in [1.54, 1.807) is 0 Å². The molecule has 39 heavy (non-hydrogen) atoms. The Morgan fingerprint density at radius 3 is 2.44 bits per heavy atom. The molecule has 1 unspecified atom stereocenters. The molecule has 7 nitrogen and oxygen atoms in total. The number of amides is 1. The smallest absolute Gasteiger partial charge is 0.338 e. The lowest BCUT2D eigenvalue weighted by molar-refractivity contribution is -0.139. The van der Waals surface area contributed by atoms with Crippen molar-refractivity contribution in [3.63, 3.8) is 0 Å². The Morgan fingerprint density at radius 1 is 1.00 bits per heavy atom. The molecule has 3 aliphatic heterocycles. The Bertz CT molecular complexity index is 1310. The maximum atomic E-state index is 13.5. The molecule has 0 radical (unpaired) electrons. The van der Waals surface area contributed by atoms with Gasteiger partial charge in [-0.3, -0.25) is 9.69 Å². The van der Waals surface area contributed by atoms with Gasteiger partial charge in [-0.2, -0.15) is 0 Å². The van der Waals surface area contributed by atoms with Crippen LogP contribution >= 0.6 is 11.8 Å². The van der Waals surface area contributed by atoms with Crippen LogP contribution in [0.3, 0.4) is 0 Å². The average molecular weight is 545 g/mol. The topological polar surface area (TPSA) is 65.5 Å². The van der Waals surface area contributed by atoms with Crippen LogP contribution in [0.5, 0.6) is 0 Å². The van der Waals surface area contributed by atoms with Crippen molar-refractivity contribution in [1.29, 1.82) is 0 Å². The molecule has 0 spiro atoms. The highest BCUT2D eigenvalue weighted by molar-refractivity contribution is 8.16.